The van der Waals surface area contributed by atoms with Gasteiger partial charge in [0.15, 0.2) is 11.7 Å². The maximum Gasteiger partial charge on any atom is 0.220 e. The molecule has 1 unspecified atom stereocenters. The van der Waals surface area contributed by atoms with E-state index in [-0.39, 0.29) is 5.91 Å². The molecule has 0 spiro atoms. The minimum Gasteiger partial charge on any atom is -0.441 e. The smallest absolute Gasteiger partial charge is 0.220 e. The highest BCUT2D eigenvalue weighted by Crippen LogP contribution is 2.21. The number of oxazole rings is 1. The lowest BCUT2D eigenvalue weighted by molar-refractivity contribution is -0.121. The van der Waals surface area contributed by atoms with Crippen molar-refractivity contribution in [1.82, 2.24) is 15.2 Å². The van der Waals surface area contributed by atoms with Gasteiger partial charge in [-0.15, -0.1) is 0 Å². The molecule has 1 aliphatic rings. The first-order valence-electron chi connectivity index (χ1n) is 11.3. The molecule has 5 heteroatoms. The molecule has 5 nitrogen and oxygen atoms in total. The van der Waals surface area contributed by atoms with Crippen molar-refractivity contribution in [2.24, 2.45) is 0 Å². The fraction of sp³-hybridized carbons (Fsp3) is 0.385. The van der Waals surface area contributed by atoms with E-state index in [1.54, 1.807) is 6.20 Å². The molecule has 4 rings (SSSR count). The van der Waals surface area contributed by atoms with Crippen molar-refractivity contribution < 1.29 is 9.21 Å². The molecule has 162 valence electrons. The second-order valence-corrected chi connectivity index (χ2v) is 8.39. The molecule has 1 amide bonds. The number of benzene rings is 2. The number of aromatic nitrogens is 1. The number of aryl methyl sites for hydroxylation is 1. The minimum atomic E-state index is 0.00526. The van der Waals surface area contributed by atoms with Gasteiger partial charge in [0.25, 0.3) is 0 Å². The molecule has 2 heterocycles. The Balaban J connectivity index is 1.20. The Hall–Kier alpha value is -2.92. The highest BCUT2D eigenvalue weighted by atomic mass is 16.4. The Morgan fingerprint density at radius 1 is 1.10 bits per heavy atom. The zero-order chi connectivity index (χ0) is 21.5. The van der Waals surface area contributed by atoms with E-state index in [9.17, 15) is 4.79 Å². The Kier molecular flexibility index (Phi) is 7.15. The molecule has 2 aromatic carbocycles. The topological polar surface area (TPSA) is 58.4 Å². The third-order valence-electron chi connectivity index (χ3n) is 6.02. The Bertz CT molecular complexity index is 966. The van der Waals surface area contributed by atoms with E-state index in [0.29, 0.717) is 31.3 Å². The number of nitrogens with zero attached hydrogens (tertiary/aromatic N) is 2. The maximum absolute atomic E-state index is 12.2. The van der Waals surface area contributed by atoms with Crippen LogP contribution in [0.4, 0.5) is 0 Å². The molecule has 1 aliphatic heterocycles. The summed E-state index contributed by atoms with van der Waals surface area (Å²) in [6.07, 6.45) is 6.52. The van der Waals surface area contributed by atoms with E-state index in [1.165, 1.54) is 31.4 Å². The molecule has 1 atom stereocenters. The third kappa shape index (κ3) is 6.05. The first kappa shape index (κ1) is 21.3. The van der Waals surface area contributed by atoms with E-state index >= 15 is 0 Å². The third-order valence-corrected chi connectivity index (χ3v) is 6.02. The molecule has 1 aromatic heterocycles. The van der Waals surface area contributed by atoms with E-state index < -0.39 is 0 Å². The summed E-state index contributed by atoms with van der Waals surface area (Å²) in [4.78, 5) is 19.1. The van der Waals surface area contributed by atoms with Crippen LogP contribution in [-0.4, -0.2) is 28.4 Å². The number of hydrogen-bond donors (Lipinski definition) is 1. The molecule has 0 saturated carbocycles. The van der Waals surface area contributed by atoms with Crippen LogP contribution in [0.15, 0.2) is 65.2 Å². The number of nitrogens with one attached hydrogen (secondary N) is 1. The van der Waals surface area contributed by atoms with Gasteiger partial charge in [0, 0.05) is 37.5 Å². The van der Waals surface area contributed by atoms with E-state index in [1.807, 2.05) is 30.3 Å². The molecular weight excluding hydrogens is 386 g/mol. The lowest BCUT2D eigenvalue weighted by Gasteiger charge is -2.33. The van der Waals surface area contributed by atoms with Crippen molar-refractivity contribution in [3.05, 3.63) is 77.8 Å². The average Bonchev–Trinajstić information content (AvgIpc) is 3.28. The van der Waals surface area contributed by atoms with Gasteiger partial charge in [-0.05, 0) is 37.4 Å². The quantitative estimate of drug-likeness (QED) is 0.562. The van der Waals surface area contributed by atoms with E-state index in [2.05, 4.69) is 46.4 Å². The fourth-order valence-corrected chi connectivity index (χ4v) is 4.06. The van der Waals surface area contributed by atoms with Crippen molar-refractivity contribution in [3.8, 4) is 11.3 Å². The van der Waals surface area contributed by atoms with Crippen LogP contribution in [-0.2, 0) is 24.3 Å². The van der Waals surface area contributed by atoms with Crippen LogP contribution in [0.1, 0.15) is 49.6 Å². The standard InChI is InChI=1S/C26H31N3O2/c1-20-7-5-6-16-29(20)19-22-12-10-21(11-13-22)17-27-25(30)14-15-26-28-18-24(31-26)23-8-3-2-4-9-23/h2-4,8-13,18,20H,5-7,14-17,19H2,1H3,(H,27,30). The first-order valence-corrected chi connectivity index (χ1v) is 11.3. The summed E-state index contributed by atoms with van der Waals surface area (Å²) in [5.74, 6) is 1.33. The van der Waals surface area contributed by atoms with Gasteiger partial charge in [-0.2, -0.15) is 0 Å². The van der Waals surface area contributed by atoms with Gasteiger partial charge < -0.3 is 9.73 Å². The predicted molar refractivity (Wildman–Crippen MR) is 122 cm³/mol. The van der Waals surface area contributed by atoms with Crippen LogP contribution < -0.4 is 5.32 Å². The van der Waals surface area contributed by atoms with Crippen molar-refractivity contribution in [2.45, 2.75) is 58.2 Å². The van der Waals surface area contributed by atoms with Crippen molar-refractivity contribution in [1.29, 1.82) is 0 Å². The highest BCUT2D eigenvalue weighted by molar-refractivity contribution is 5.76. The Morgan fingerprint density at radius 2 is 1.87 bits per heavy atom. The largest absolute Gasteiger partial charge is 0.441 e. The molecule has 1 N–H and O–H groups in total. The zero-order valence-electron chi connectivity index (χ0n) is 18.2. The zero-order valence-corrected chi connectivity index (χ0v) is 18.2. The molecule has 3 aromatic rings. The number of rotatable bonds is 8. The number of likely N-dealkylation sites (tertiary alicyclic amines) is 1. The van der Waals surface area contributed by atoms with Crippen LogP contribution in [0.5, 0.6) is 0 Å². The summed E-state index contributed by atoms with van der Waals surface area (Å²) in [6.45, 7) is 5.06. The van der Waals surface area contributed by atoms with Crippen molar-refractivity contribution in [3.63, 3.8) is 0 Å². The molecule has 1 fully saturated rings. The van der Waals surface area contributed by atoms with E-state index in [4.69, 9.17) is 4.42 Å². The number of carbonyl (C=O) groups excluding carboxylic acids is 1. The second kappa shape index (κ2) is 10.4. The van der Waals surface area contributed by atoms with Gasteiger partial charge in [-0.25, -0.2) is 4.98 Å². The van der Waals surface area contributed by atoms with Gasteiger partial charge in [0.05, 0.1) is 6.20 Å². The number of hydrogen-bond acceptors (Lipinski definition) is 4. The molecular formula is C26H31N3O2. The second-order valence-electron chi connectivity index (χ2n) is 8.39. The summed E-state index contributed by atoms with van der Waals surface area (Å²) in [5, 5.41) is 3.00. The summed E-state index contributed by atoms with van der Waals surface area (Å²) < 4.78 is 5.77. The van der Waals surface area contributed by atoms with E-state index in [0.717, 1.165) is 23.4 Å². The molecule has 0 bridgehead atoms. The van der Waals surface area contributed by atoms with Crippen LogP contribution >= 0.6 is 0 Å². The van der Waals surface area contributed by atoms with Crippen molar-refractivity contribution >= 4 is 5.91 Å². The highest BCUT2D eigenvalue weighted by Gasteiger charge is 2.18. The summed E-state index contributed by atoms with van der Waals surface area (Å²) in [5.41, 5.74) is 3.44. The van der Waals surface area contributed by atoms with Gasteiger partial charge in [0.2, 0.25) is 5.91 Å². The monoisotopic (exact) mass is 417 g/mol. The van der Waals surface area contributed by atoms with Crippen LogP contribution in [0.2, 0.25) is 0 Å². The van der Waals surface area contributed by atoms with Gasteiger partial charge in [0.1, 0.15) is 0 Å². The molecule has 0 radical (unpaired) electrons. The van der Waals surface area contributed by atoms with Gasteiger partial charge >= 0.3 is 0 Å². The summed E-state index contributed by atoms with van der Waals surface area (Å²) in [7, 11) is 0. The lowest BCUT2D eigenvalue weighted by atomic mass is 10.0. The predicted octanol–water partition coefficient (Wildman–Crippen LogP) is 4.97. The number of amides is 1. The minimum absolute atomic E-state index is 0.00526. The maximum atomic E-state index is 12.2. The Labute approximate surface area is 184 Å². The number of piperidine rings is 1. The lowest BCUT2D eigenvalue weighted by Crippen LogP contribution is -2.36. The fourth-order valence-electron chi connectivity index (χ4n) is 4.06. The van der Waals surface area contributed by atoms with Crippen LogP contribution in [0.25, 0.3) is 11.3 Å². The van der Waals surface area contributed by atoms with Crippen LogP contribution in [0.3, 0.4) is 0 Å². The Morgan fingerprint density at radius 3 is 2.65 bits per heavy atom. The van der Waals surface area contributed by atoms with Crippen LogP contribution in [0, 0.1) is 0 Å². The van der Waals surface area contributed by atoms with Gasteiger partial charge in [-0.3, -0.25) is 9.69 Å². The first-order chi connectivity index (χ1) is 15.2. The summed E-state index contributed by atoms with van der Waals surface area (Å²) >= 11 is 0. The molecule has 31 heavy (non-hydrogen) atoms. The molecule has 1 saturated heterocycles. The molecule has 0 aliphatic carbocycles. The number of carbonyl (C=O) groups is 1. The normalized spacial score (nSPS) is 16.9. The van der Waals surface area contributed by atoms with Gasteiger partial charge in [-0.1, -0.05) is 61.0 Å². The van der Waals surface area contributed by atoms with Crippen molar-refractivity contribution in [2.75, 3.05) is 6.54 Å². The summed E-state index contributed by atoms with van der Waals surface area (Å²) in [6, 6.07) is 19.1. The average molecular weight is 418 g/mol. The SMILES string of the molecule is CC1CCCCN1Cc1ccc(CNC(=O)CCc2ncc(-c3ccccc3)o2)cc1.